The van der Waals surface area contributed by atoms with Crippen LogP contribution in [0.2, 0.25) is 0 Å². The van der Waals surface area contributed by atoms with E-state index in [1.807, 2.05) is 0 Å². The zero-order valence-electron chi connectivity index (χ0n) is 7.11. The van der Waals surface area contributed by atoms with Gasteiger partial charge in [-0.25, -0.2) is 13.2 Å². The predicted octanol–water partition coefficient (Wildman–Crippen LogP) is -1.42. The van der Waals surface area contributed by atoms with Crippen molar-refractivity contribution in [2.24, 2.45) is 0 Å². The lowest BCUT2D eigenvalue weighted by Crippen LogP contribution is -2.32. The summed E-state index contributed by atoms with van der Waals surface area (Å²) in [6.07, 6.45) is 1.09. The van der Waals surface area contributed by atoms with E-state index in [1.54, 1.807) is 0 Å². The normalized spacial score (nSPS) is 17.8. The highest BCUT2D eigenvalue weighted by molar-refractivity contribution is 7.90. The summed E-state index contributed by atoms with van der Waals surface area (Å²) in [6.45, 7) is 0.0186. The summed E-state index contributed by atoms with van der Waals surface area (Å²) in [6, 6.07) is -0.520. The quantitative estimate of drug-likeness (QED) is 0.574. The average Bonchev–Trinajstić information content (AvgIpc) is 2.24. The molecule has 1 N–H and O–H groups in total. The van der Waals surface area contributed by atoms with Crippen LogP contribution in [-0.4, -0.2) is 50.4 Å². The van der Waals surface area contributed by atoms with E-state index < -0.39 is 21.8 Å². The van der Waals surface area contributed by atoms with E-state index in [0.717, 1.165) is 6.26 Å². The van der Waals surface area contributed by atoms with E-state index in [9.17, 15) is 18.0 Å². The summed E-state index contributed by atoms with van der Waals surface area (Å²) < 4.78 is 21.5. The Morgan fingerprint density at radius 2 is 2.08 bits per heavy atom. The van der Waals surface area contributed by atoms with Crippen LogP contribution in [0.1, 0.15) is 0 Å². The minimum Gasteiger partial charge on any atom is -0.314 e. The van der Waals surface area contributed by atoms with Gasteiger partial charge in [0.05, 0.1) is 5.75 Å². The van der Waals surface area contributed by atoms with E-state index in [0.29, 0.717) is 0 Å². The van der Waals surface area contributed by atoms with Crippen molar-refractivity contribution in [3.63, 3.8) is 0 Å². The minimum atomic E-state index is -3.09. The molecule has 6 nitrogen and oxygen atoms in total. The van der Waals surface area contributed by atoms with Crippen LogP contribution in [0.25, 0.3) is 0 Å². The third-order valence-corrected chi connectivity index (χ3v) is 2.52. The molecule has 0 aromatic heterocycles. The molecule has 0 spiro atoms. The molecule has 0 radical (unpaired) electrons. The number of hydrogen-bond acceptors (Lipinski definition) is 4. The Balaban J connectivity index is 2.47. The van der Waals surface area contributed by atoms with Crippen molar-refractivity contribution >= 4 is 21.8 Å². The molecule has 1 aliphatic rings. The molecule has 1 rings (SSSR count). The molecule has 1 aliphatic heterocycles. The standard InChI is InChI=1S/C6H10N2O4S/c1-13(11,12)3-2-8-4-5(9)7-6(8)10/h2-4H2,1H3,(H,7,9,10). The zero-order valence-corrected chi connectivity index (χ0v) is 7.93. The van der Waals surface area contributed by atoms with Crippen molar-refractivity contribution in [3.8, 4) is 0 Å². The van der Waals surface area contributed by atoms with Crippen molar-refractivity contribution in [2.45, 2.75) is 0 Å². The maximum absolute atomic E-state index is 10.9. The van der Waals surface area contributed by atoms with Gasteiger partial charge in [-0.15, -0.1) is 0 Å². The fourth-order valence-electron chi connectivity index (χ4n) is 0.940. The number of hydrogen-bond donors (Lipinski definition) is 1. The third kappa shape index (κ3) is 3.02. The Labute approximate surface area is 75.8 Å². The maximum Gasteiger partial charge on any atom is 0.324 e. The number of urea groups is 1. The molecule has 0 atom stereocenters. The first-order chi connectivity index (χ1) is 5.88. The van der Waals surface area contributed by atoms with Crippen molar-refractivity contribution in [1.82, 2.24) is 10.2 Å². The number of sulfone groups is 1. The number of nitrogens with one attached hydrogen (secondary N) is 1. The van der Waals surface area contributed by atoms with Gasteiger partial charge in [0.1, 0.15) is 16.4 Å². The van der Waals surface area contributed by atoms with Gasteiger partial charge in [0.2, 0.25) is 5.91 Å². The molecule has 1 saturated heterocycles. The number of amides is 3. The van der Waals surface area contributed by atoms with Gasteiger partial charge in [-0.3, -0.25) is 10.1 Å². The Morgan fingerprint density at radius 1 is 1.46 bits per heavy atom. The summed E-state index contributed by atoms with van der Waals surface area (Å²) in [7, 11) is -3.09. The first kappa shape index (κ1) is 9.97. The molecule has 7 heteroatoms. The molecular weight excluding hydrogens is 196 g/mol. The molecule has 0 aromatic rings. The topological polar surface area (TPSA) is 83.6 Å². The highest BCUT2D eigenvalue weighted by Gasteiger charge is 2.26. The number of rotatable bonds is 3. The van der Waals surface area contributed by atoms with Gasteiger partial charge in [-0.2, -0.15) is 0 Å². The lowest BCUT2D eigenvalue weighted by Gasteiger charge is -2.11. The SMILES string of the molecule is CS(=O)(=O)CCN1CC(=O)NC1=O. The van der Waals surface area contributed by atoms with Crippen LogP contribution in [0.3, 0.4) is 0 Å². The largest absolute Gasteiger partial charge is 0.324 e. The van der Waals surface area contributed by atoms with E-state index in [4.69, 9.17) is 0 Å². The number of imide groups is 1. The van der Waals surface area contributed by atoms with Crippen LogP contribution in [0.5, 0.6) is 0 Å². The Morgan fingerprint density at radius 3 is 2.46 bits per heavy atom. The second kappa shape index (κ2) is 3.33. The molecule has 13 heavy (non-hydrogen) atoms. The monoisotopic (exact) mass is 206 g/mol. The Bertz CT molecular complexity index is 335. The van der Waals surface area contributed by atoms with Crippen LogP contribution in [0.15, 0.2) is 0 Å². The lowest BCUT2D eigenvalue weighted by molar-refractivity contribution is -0.118. The van der Waals surface area contributed by atoms with Gasteiger partial charge < -0.3 is 4.90 Å². The van der Waals surface area contributed by atoms with Crippen LogP contribution < -0.4 is 5.32 Å². The predicted molar refractivity (Wildman–Crippen MR) is 44.8 cm³/mol. The molecule has 1 fully saturated rings. The second-order valence-corrected chi connectivity index (χ2v) is 5.16. The highest BCUT2D eigenvalue weighted by Crippen LogP contribution is 1.98. The van der Waals surface area contributed by atoms with Gasteiger partial charge in [0.15, 0.2) is 0 Å². The second-order valence-electron chi connectivity index (χ2n) is 2.90. The van der Waals surface area contributed by atoms with Crippen LogP contribution >= 0.6 is 0 Å². The summed E-state index contributed by atoms with van der Waals surface area (Å²) in [4.78, 5) is 22.7. The molecule has 0 saturated carbocycles. The average molecular weight is 206 g/mol. The fraction of sp³-hybridized carbons (Fsp3) is 0.667. The Kier molecular flexibility index (Phi) is 2.55. The highest BCUT2D eigenvalue weighted by atomic mass is 32.2. The zero-order chi connectivity index (χ0) is 10.1. The molecule has 1 heterocycles. The number of carbonyl (C=O) groups is 2. The smallest absolute Gasteiger partial charge is 0.314 e. The molecule has 74 valence electrons. The van der Waals surface area contributed by atoms with Gasteiger partial charge in [-0.1, -0.05) is 0 Å². The summed E-state index contributed by atoms with van der Waals surface area (Å²) in [5, 5.41) is 2.06. The van der Waals surface area contributed by atoms with Crippen molar-refractivity contribution in [3.05, 3.63) is 0 Å². The molecule has 0 bridgehead atoms. The first-order valence-electron chi connectivity index (χ1n) is 3.65. The van der Waals surface area contributed by atoms with E-state index in [1.165, 1.54) is 4.90 Å². The van der Waals surface area contributed by atoms with Gasteiger partial charge >= 0.3 is 6.03 Å². The Hall–Kier alpha value is -1.11. The molecular formula is C6H10N2O4S. The lowest BCUT2D eigenvalue weighted by atomic mass is 10.5. The van der Waals surface area contributed by atoms with Crippen LogP contribution in [-0.2, 0) is 14.6 Å². The summed E-state index contributed by atoms with van der Waals surface area (Å²) >= 11 is 0. The molecule has 0 aromatic carbocycles. The van der Waals surface area contributed by atoms with Crippen LogP contribution in [0.4, 0.5) is 4.79 Å². The summed E-state index contributed by atoms with van der Waals surface area (Å²) in [5.74, 6) is -0.508. The van der Waals surface area contributed by atoms with E-state index in [2.05, 4.69) is 5.32 Å². The minimum absolute atomic E-state index is 0.0473. The van der Waals surface area contributed by atoms with Crippen molar-refractivity contribution < 1.29 is 18.0 Å². The van der Waals surface area contributed by atoms with Gasteiger partial charge in [-0.05, 0) is 0 Å². The first-order valence-corrected chi connectivity index (χ1v) is 5.71. The van der Waals surface area contributed by atoms with Gasteiger partial charge in [0, 0.05) is 12.8 Å². The number of nitrogens with zero attached hydrogens (tertiary/aromatic N) is 1. The summed E-state index contributed by atoms with van der Waals surface area (Å²) in [5.41, 5.74) is 0. The van der Waals surface area contributed by atoms with E-state index >= 15 is 0 Å². The fourth-order valence-corrected chi connectivity index (χ4v) is 1.49. The number of carbonyl (C=O) groups excluding carboxylic acids is 2. The third-order valence-electron chi connectivity index (χ3n) is 1.60. The molecule has 0 aliphatic carbocycles. The molecule has 0 unspecified atom stereocenters. The molecule has 3 amide bonds. The van der Waals surface area contributed by atoms with Gasteiger partial charge in [0.25, 0.3) is 0 Å². The van der Waals surface area contributed by atoms with Crippen molar-refractivity contribution in [1.29, 1.82) is 0 Å². The van der Waals surface area contributed by atoms with E-state index in [-0.39, 0.29) is 18.8 Å². The maximum atomic E-state index is 10.9. The van der Waals surface area contributed by atoms with Crippen LogP contribution in [0, 0.1) is 0 Å². The van der Waals surface area contributed by atoms with Crippen molar-refractivity contribution in [2.75, 3.05) is 25.1 Å².